The molecular formula is C14H19N4O+. The molecule has 0 spiro atoms. The van der Waals surface area contributed by atoms with Gasteiger partial charge in [-0.15, -0.1) is 0 Å². The molecule has 0 aliphatic rings. The zero-order chi connectivity index (χ0) is 13.5. The molecule has 0 radical (unpaired) electrons. The van der Waals surface area contributed by atoms with Gasteiger partial charge in [0.1, 0.15) is 0 Å². The van der Waals surface area contributed by atoms with Crippen LogP contribution in [0.2, 0.25) is 0 Å². The monoisotopic (exact) mass is 259 g/mol. The molecule has 0 saturated heterocycles. The standard InChI is InChI=1S/C14H18N4O/c15-13(8-11-4-2-1-3-5-11)14(19)17-7-6-12-9-16-10-18-12/h1-5,9-10,13H,6-8,15H2,(H,16,18)(H,17,19)/p+1/t13-/m0/s1. The third kappa shape index (κ3) is 4.22. The fourth-order valence-corrected chi connectivity index (χ4v) is 1.88. The number of nitrogens with zero attached hydrogens (tertiary/aromatic N) is 1. The van der Waals surface area contributed by atoms with Gasteiger partial charge in [0.2, 0.25) is 0 Å². The summed E-state index contributed by atoms with van der Waals surface area (Å²) in [5, 5.41) is 2.89. The highest BCUT2D eigenvalue weighted by molar-refractivity contribution is 5.80. The molecule has 1 aromatic heterocycles. The quantitative estimate of drug-likeness (QED) is 0.678. The summed E-state index contributed by atoms with van der Waals surface area (Å²) in [5.41, 5.74) is 6.07. The summed E-state index contributed by atoms with van der Waals surface area (Å²) in [7, 11) is 0. The molecular weight excluding hydrogens is 240 g/mol. The number of carbonyl (C=O) groups is 1. The van der Waals surface area contributed by atoms with Crippen LogP contribution >= 0.6 is 0 Å². The fourth-order valence-electron chi connectivity index (χ4n) is 1.88. The van der Waals surface area contributed by atoms with Crippen molar-refractivity contribution in [3.63, 3.8) is 0 Å². The van der Waals surface area contributed by atoms with Gasteiger partial charge in [-0.25, -0.2) is 4.98 Å². The zero-order valence-corrected chi connectivity index (χ0v) is 10.8. The first-order chi connectivity index (χ1) is 9.25. The Labute approximate surface area is 112 Å². The van der Waals surface area contributed by atoms with E-state index in [2.05, 4.69) is 21.0 Å². The van der Waals surface area contributed by atoms with Gasteiger partial charge < -0.3 is 16.0 Å². The first kappa shape index (κ1) is 13.3. The molecule has 0 bridgehead atoms. The average molecular weight is 259 g/mol. The van der Waals surface area contributed by atoms with Crippen LogP contribution in [0.5, 0.6) is 0 Å². The van der Waals surface area contributed by atoms with E-state index in [9.17, 15) is 4.79 Å². The van der Waals surface area contributed by atoms with Gasteiger partial charge in [0.15, 0.2) is 6.04 Å². The SMILES string of the molecule is [NH3+][C@@H](Cc1ccccc1)C(=O)NCCc1cnc[nH]1. The lowest BCUT2D eigenvalue weighted by molar-refractivity contribution is -0.403. The average Bonchev–Trinajstić information content (AvgIpc) is 2.93. The van der Waals surface area contributed by atoms with Gasteiger partial charge in [0.25, 0.3) is 5.91 Å². The molecule has 100 valence electrons. The number of aromatic amines is 1. The molecule has 2 rings (SSSR count). The molecule has 0 aliphatic carbocycles. The third-order valence-electron chi connectivity index (χ3n) is 2.94. The minimum absolute atomic E-state index is 0.0108. The van der Waals surface area contributed by atoms with Crippen molar-refractivity contribution >= 4 is 5.91 Å². The minimum atomic E-state index is -0.260. The summed E-state index contributed by atoms with van der Waals surface area (Å²) in [5.74, 6) is -0.0108. The Balaban J connectivity index is 1.73. The lowest BCUT2D eigenvalue weighted by Gasteiger charge is -2.09. The van der Waals surface area contributed by atoms with Crippen molar-refractivity contribution in [3.05, 3.63) is 54.1 Å². The van der Waals surface area contributed by atoms with E-state index in [1.165, 1.54) is 0 Å². The predicted molar refractivity (Wildman–Crippen MR) is 72.1 cm³/mol. The van der Waals surface area contributed by atoms with Crippen LogP contribution in [0.15, 0.2) is 42.9 Å². The molecule has 2 aromatic rings. The van der Waals surface area contributed by atoms with Crippen LogP contribution in [0.25, 0.3) is 0 Å². The highest BCUT2D eigenvalue weighted by atomic mass is 16.2. The molecule has 5 N–H and O–H groups in total. The van der Waals surface area contributed by atoms with Gasteiger partial charge in [-0.1, -0.05) is 30.3 Å². The Morgan fingerprint density at radius 3 is 2.84 bits per heavy atom. The number of nitrogens with one attached hydrogen (secondary N) is 2. The first-order valence-corrected chi connectivity index (χ1v) is 6.37. The maximum Gasteiger partial charge on any atom is 0.278 e. The summed E-state index contributed by atoms with van der Waals surface area (Å²) in [6, 6.07) is 9.67. The second-order valence-electron chi connectivity index (χ2n) is 4.50. The smallest absolute Gasteiger partial charge is 0.278 e. The van der Waals surface area contributed by atoms with E-state index in [0.29, 0.717) is 13.0 Å². The molecule has 0 unspecified atom stereocenters. The molecule has 5 heteroatoms. The number of quaternary nitrogens is 1. The molecule has 0 fully saturated rings. The van der Waals surface area contributed by atoms with Gasteiger partial charge in [-0.3, -0.25) is 4.79 Å². The van der Waals surface area contributed by atoms with Crippen LogP contribution in [-0.4, -0.2) is 28.5 Å². The maximum absolute atomic E-state index is 11.9. The largest absolute Gasteiger partial charge is 0.351 e. The van der Waals surface area contributed by atoms with Crippen LogP contribution < -0.4 is 11.1 Å². The molecule has 1 atom stereocenters. The lowest BCUT2D eigenvalue weighted by Crippen LogP contribution is -2.68. The summed E-state index contributed by atoms with van der Waals surface area (Å²) >= 11 is 0. The maximum atomic E-state index is 11.9. The van der Waals surface area contributed by atoms with Gasteiger partial charge in [-0.05, 0) is 5.56 Å². The molecule has 5 nitrogen and oxygen atoms in total. The van der Waals surface area contributed by atoms with Gasteiger partial charge in [0, 0.05) is 31.3 Å². The van der Waals surface area contributed by atoms with Crippen LogP contribution in [0.4, 0.5) is 0 Å². The number of hydrogen-bond donors (Lipinski definition) is 3. The molecule has 19 heavy (non-hydrogen) atoms. The van der Waals surface area contributed by atoms with Gasteiger partial charge >= 0.3 is 0 Å². The summed E-state index contributed by atoms with van der Waals surface area (Å²) < 4.78 is 0. The number of imidazole rings is 1. The number of hydrogen-bond acceptors (Lipinski definition) is 2. The van der Waals surface area contributed by atoms with Crippen molar-refractivity contribution in [1.29, 1.82) is 0 Å². The molecule has 0 saturated carbocycles. The number of H-pyrrole nitrogens is 1. The number of amides is 1. The predicted octanol–water partition coefficient (Wildman–Crippen LogP) is -0.0784. The summed E-state index contributed by atoms with van der Waals surface area (Å²) in [4.78, 5) is 18.8. The van der Waals surface area contributed by atoms with E-state index in [1.54, 1.807) is 12.5 Å². The number of benzene rings is 1. The van der Waals surface area contributed by atoms with Crippen LogP contribution in [-0.2, 0) is 17.6 Å². The van der Waals surface area contributed by atoms with Crippen LogP contribution in [0.1, 0.15) is 11.3 Å². The normalized spacial score (nSPS) is 12.1. The van der Waals surface area contributed by atoms with E-state index in [4.69, 9.17) is 0 Å². The van der Waals surface area contributed by atoms with Gasteiger partial charge in [-0.2, -0.15) is 0 Å². The Bertz CT molecular complexity index is 495. The van der Waals surface area contributed by atoms with Crippen molar-refractivity contribution in [2.75, 3.05) is 6.54 Å². The highest BCUT2D eigenvalue weighted by Gasteiger charge is 2.16. The topological polar surface area (TPSA) is 85.4 Å². The summed E-state index contributed by atoms with van der Waals surface area (Å²) in [6.07, 6.45) is 4.81. The third-order valence-corrected chi connectivity index (χ3v) is 2.94. The first-order valence-electron chi connectivity index (χ1n) is 6.37. The zero-order valence-electron chi connectivity index (χ0n) is 10.8. The van der Waals surface area contributed by atoms with Crippen molar-refractivity contribution < 1.29 is 10.5 Å². The molecule has 1 heterocycles. The highest BCUT2D eigenvalue weighted by Crippen LogP contribution is 2.01. The number of rotatable bonds is 6. The Morgan fingerprint density at radius 1 is 1.37 bits per heavy atom. The lowest BCUT2D eigenvalue weighted by atomic mass is 10.1. The van der Waals surface area contributed by atoms with Crippen LogP contribution in [0.3, 0.4) is 0 Å². The van der Waals surface area contributed by atoms with Crippen molar-refractivity contribution in [1.82, 2.24) is 15.3 Å². The molecule has 1 aromatic carbocycles. The van der Waals surface area contributed by atoms with E-state index >= 15 is 0 Å². The van der Waals surface area contributed by atoms with E-state index in [-0.39, 0.29) is 11.9 Å². The Hall–Kier alpha value is -2.14. The van der Waals surface area contributed by atoms with Crippen molar-refractivity contribution in [2.45, 2.75) is 18.9 Å². The van der Waals surface area contributed by atoms with Crippen molar-refractivity contribution in [3.8, 4) is 0 Å². The van der Waals surface area contributed by atoms with Crippen molar-refractivity contribution in [2.24, 2.45) is 0 Å². The van der Waals surface area contributed by atoms with E-state index in [1.807, 2.05) is 30.3 Å². The molecule has 0 aliphatic heterocycles. The minimum Gasteiger partial charge on any atom is -0.351 e. The van der Waals surface area contributed by atoms with E-state index in [0.717, 1.165) is 17.7 Å². The number of carbonyl (C=O) groups excluding carboxylic acids is 1. The Morgan fingerprint density at radius 2 is 2.16 bits per heavy atom. The van der Waals surface area contributed by atoms with Crippen LogP contribution in [0, 0.1) is 0 Å². The molecule has 1 amide bonds. The number of aromatic nitrogens is 2. The van der Waals surface area contributed by atoms with Gasteiger partial charge in [0.05, 0.1) is 6.33 Å². The Kier molecular flexibility index (Phi) is 4.69. The summed E-state index contributed by atoms with van der Waals surface area (Å²) in [6.45, 7) is 0.599. The second kappa shape index (κ2) is 6.70. The fraction of sp³-hybridized carbons (Fsp3) is 0.286. The van der Waals surface area contributed by atoms with E-state index < -0.39 is 0 Å². The second-order valence-corrected chi connectivity index (χ2v) is 4.50.